The van der Waals surface area contributed by atoms with Crippen molar-refractivity contribution in [3.63, 3.8) is 0 Å². The summed E-state index contributed by atoms with van der Waals surface area (Å²) in [5.41, 5.74) is 0. The van der Waals surface area contributed by atoms with Gasteiger partial charge in [0.05, 0.1) is 19.8 Å². The fraction of sp³-hybridized carbons (Fsp3) is 1.00. The monoisotopic (exact) mass is 342 g/mol. The number of hydrogen-bond acceptors (Lipinski definition) is 11. The van der Waals surface area contributed by atoms with Gasteiger partial charge in [-0.2, -0.15) is 0 Å². The van der Waals surface area contributed by atoms with Crippen LogP contribution in [0.15, 0.2) is 0 Å². The van der Waals surface area contributed by atoms with Crippen molar-refractivity contribution in [1.29, 1.82) is 0 Å². The molecule has 8 atom stereocenters. The first-order valence-corrected chi connectivity index (χ1v) is 7.01. The van der Waals surface area contributed by atoms with Gasteiger partial charge < -0.3 is 55.1 Å². The van der Waals surface area contributed by atoms with Crippen LogP contribution in [0.25, 0.3) is 0 Å². The van der Waals surface area contributed by atoms with Crippen molar-refractivity contribution < 1.29 is 55.1 Å². The highest BCUT2D eigenvalue weighted by atomic mass is 16.7. The predicted octanol–water partition coefficient (Wildman–Crippen LogP) is -5.39. The van der Waals surface area contributed by atoms with Crippen LogP contribution in [-0.4, -0.2) is 115 Å². The molecule has 0 aliphatic carbocycles. The van der Waals surface area contributed by atoms with Gasteiger partial charge in [0.25, 0.3) is 0 Å². The van der Waals surface area contributed by atoms with E-state index < -0.39 is 74.6 Å². The van der Waals surface area contributed by atoms with Crippen LogP contribution < -0.4 is 0 Å². The highest BCUT2D eigenvalue weighted by molar-refractivity contribution is 4.98. The number of aliphatic hydroxyl groups excluding tert-OH is 7. The molecular formula is C12H22O11. The zero-order valence-corrected chi connectivity index (χ0v) is 12.1. The first kappa shape index (κ1) is 18.9. The average Bonchev–Trinajstić information content (AvgIpc) is 2.55. The Hall–Kier alpha value is -0.440. The van der Waals surface area contributed by atoms with Crippen LogP contribution in [0, 0.1) is 0 Å². The summed E-state index contributed by atoms with van der Waals surface area (Å²) in [6.07, 6.45) is -10.1. The Morgan fingerprint density at radius 3 is 2.04 bits per heavy atom. The Labute approximate surface area is 130 Å². The number of hydrogen-bond donors (Lipinski definition) is 8. The summed E-state index contributed by atoms with van der Waals surface area (Å²) >= 11 is 0. The topological polar surface area (TPSA) is 190 Å². The first-order chi connectivity index (χ1) is 10.7. The van der Waals surface area contributed by atoms with Crippen LogP contribution in [0.5, 0.6) is 0 Å². The van der Waals surface area contributed by atoms with Gasteiger partial charge in [0.2, 0.25) is 11.6 Å². The Kier molecular flexibility index (Phi) is 5.60. The Balaban J connectivity index is 2.23. The standard InChI is InChI=1S/C12H22O11/c13-3-11(20)10(19)8(6(16)2-21-11)23-12(4-14)9(18)7(17)5(15)1-22-12/h5-10,13-20H,1-4H2/t5-,6-,7-,8-,9+,10+,11+,12-/m0/s1. The third kappa shape index (κ3) is 3.23. The van der Waals surface area contributed by atoms with Crippen molar-refractivity contribution in [1.82, 2.24) is 0 Å². The third-order valence-electron chi connectivity index (χ3n) is 4.11. The summed E-state index contributed by atoms with van der Waals surface area (Å²) in [6, 6.07) is 0. The lowest BCUT2D eigenvalue weighted by Gasteiger charge is -2.49. The molecule has 11 nitrogen and oxygen atoms in total. The zero-order chi connectivity index (χ0) is 17.4. The third-order valence-corrected chi connectivity index (χ3v) is 4.11. The van der Waals surface area contributed by atoms with Crippen molar-refractivity contribution in [3.8, 4) is 0 Å². The lowest BCUT2D eigenvalue weighted by molar-refractivity contribution is -0.403. The first-order valence-electron chi connectivity index (χ1n) is 7.01. The second-order valence-corrected chi connectivity index (χ2v) is 5.69. The summed E-state index contributed by atoms with van der Waals surface area (Å²) in [6.45, 7) is -2.98. The van der Waals surface area contributed by atoms with Crippen molar-refractivity contribution in [2.24, 2.45) is 0 Å². The van der Waals surface area contributed by atoms with Crippen LogP contribution in [0.1, 0.15) is 0 Å². The van der Waals surface area contributed by atoms with Gasteiger partial charge in [0, 0.05) is 0 Å². The molecule has 0 aromatic heterocycles. The van der Waals surface area contributed by atoms with E-state index in [2.05, 4.69) is 0 Å². The normalized spacial score (nSPS) is 51.7. The quantitative estimate of drug-likeness (QED) is 0.243. The molecule has 0 saturated carbocycles. The molecule has 2 fully saturated rings. The van der Waals surface area contributed by atoms with Crippen LogP contribution in [0.2, 0.25) is 0 Å². The number of ether oxygens (including phenoxy) is 3. The maximum atomic E-state index is 10.1. The predicted molar refractivity (Wildman–Crippen MR) is 68.7 cm³/mol. The molecule has 0 unspecified atom stereocenters. The van der Waals surface area contributed by atoms with Gasteiger partial charge in [-0.05, 0) is 0 Å². The van der Waals surface area contributed by atoms with Crippen molar-refractivity contribution >= 4 is 0 Å². The fourth-order valence-corrected chi connectivity index (χ4v) is 2.55. The minimum atomic E-state index is -2.42. The molecule has 2 saturated heterocycles. The molecule has 2 aliphatic rings. The van der Waals surface area contributed by atoms with Gasteiger partial charge in [0.15, 0.2) is 0 Å². The smallest absolute Gasteiger partial charge is 0.221 e. The number of rotatable bonds is 4. The van der Waals surface area contributed by atoms with Gasteiger partial charge in [-0.3, -0.25) is 0 Å². The van der Waals surface area contributed by atoms with Crippen LogP contribution in [0.4, 0.5) is 0 Å². The molecule has 8 N–H and O–H groups in total. The summed E-state index contributed by atoms with van der Waals surface area (Å²) < 4.78 is 15.1. The van der Waals surface area contributed by atoms with E-state index in [1.165, 1.54) is 0 Å². The van der Waals surface area contributed by atoms with E-state index >= 15 is 0 Å². The minimum absolute atomic E-state index is 0.488. The van der Waals surface area contributed by atoms with E-state index in [1.54, 1.807) is 0 Å². The van der Waals surface area contributed by atoms with E-state index in [0.29, 0.717) is 0 Å². The highest BCUT2D eigenvalue weighted by Gasteiger charge is 2.57. The van der Waals surface area contributed by atoms with Crippen LogP contribution in [0.3, 0.4) is 0 Å². The van der Waals surface area contributed by atoms with E-state index in [0.717, 1.165) is 0 Å². The molecule has 2 aliphatic heterocycles. The zero-order valence-electron chi connectivity index (χ0n) is 12.1. The van der Waals surface area contributed by atoms with E-state index in [4.69, 9.17) is 19.3 Å². The van der Waals surface area contributed by atoms with E-state index in [1.807, 2.05) is 0 Å². The second kappa shape index (κ2) is 6.82. The maximum absolute atomic E-state index is 10.1. The van der Waals surface area contributed by atoms with Gasteiger partial charge in [0.1, 0.15) is 43.2 Å². The van der Waals surface area contributed by atoms with E-state index in [-0.39, 0.29) is 0 Å². The van der Waals surface area contributed by atoms with Gasteiger partial charge >= 0.3 is 0 Å². The molecule has 0 amide bonds. The van der Waals surface area contributed by atoms with E-state index in [9.17, 15) is 35.7 Å². The minimum Gasteiger partial charge on any atom is -0.391 e. The molecule has 23 heavy (non-hydrogen) atoms. The van der Waals surface area contributed by atoms with Gasteiger partial charge in [-0.25, -0.2) is 0 Å². The molecule has 0 aromatic rings. The molecule has 136 valence electrons. The Morgan fingerprint density at radius 1 is 0.870 bits per heavy atom. The van der Waals surface area contributed by atoms with Crippen molar-refractivity contribution in [2.45, 2.75) is 48.2 Å². The summed E-state index contributed by atoms with van der Waals surface area (Å²) in [4.78, 5) is 0. The molecule has 2 heterocycles. The highest BCUT2D eigenvalue weighted by Crippen LogP contribution is 2.33. The van der Waals surface area contributed by atoms with Gasteiger partial charge in [-0.15, -0.1) is 0 Å². The molecule has 0 radical (unpaired) electrons. The molecule has 0 spiro atoms. The lowest BCUT2D eigenvalue weighted by Crippen LogP contribution is -2.70. The van der Waals surface area contributed by atoms with Gasteiger partial charge in [-0.1, -0.05) is 0 Å². The molecule has 0 aromatic carbocycles. The SMILES string of the molecule is OC[C@@]1(O[C@@H]2[C@@H](O)[C@@](O)(CO)OC[C@@H]2O)OC[C@H](O)[C@H](O)[C@H]1O. The Morgan fingerprint density at radius 2 is 1.48 bits per heavy atom. The van der Waals surface area contributed by atoms with Crippen molar-refractivity contribution in [2.75, 3.05) is 26.4 Å². The molecule has 11 heteroatoms. The summed E-state index contributed by atoms with van der Waals surface area (Å²) in [5, 5.41) is 77.6. The Bertz CT molecular complexity index is 408. The molecule has 0 bridgehead atoms. The second-order valence-electron chi connectivity index (χ2n) is 5.69. The lowest BCUT2D eigenvalue weighted by atomic mass is 9.94. The van der Waals surface area contributed by atoms with Crippen LogP contribution in [-0.2, 0) is 14.2 Å². The summed E-state index contributed by atoms with van der Waals surface area (Å²) in [7, 11) is 0. The molecular weight excluding hydrogens is 320 g/mol. The average molecular weight is 342 g/mol. The summed E-state index contributed by atoms with van der Waals surface area (Å²) in [5.74, 6) is -4.67. The fourth-order valence-electron chi connectivity index (χ4n) is 2.55. The van der Waals surface area contributed by atoms with Crippen LogP contribution >= 0.6 is 0 Å². The van der Waals surface area contributed by atoms with Crippen molar-refractivity contribution in [3.05, 3.63) is 0 Å². The largest absolute Gasteiger partial charge is 0.391 e. The number of aliphatic hydroxyl groups is 8. The maximum Gasteiger partial charge on any atom is 0.221 e. The molecule has 2 rings (SSSR count).